The Hall–Kier alpha value is -1.56. The summed E-state index contributed by atoms with van der Waals surface area (Å²) in [6.45, 7) is 3.94. The molecule has 0 spiro atoms. The van der Waals surface area contributed by atoms with Crippen LogP contribution in [0.1, 0.15) is 30.1 Å². The van der Waals surface area contributed by atoms with E-state index in [4.69, 9.17) is 0 Å². The van der Waals surface area contributed by atoms with Crippen molar-refractivity contribution in [3.05, 3.63) is 34.8 Å². The van der Waals surface area contributed by atoms with Gasteiger partial charge in [-0.05, 0) is 25.5 Å². The largest absolute Gasteiger partial charge is 0.352 e. The van der Waals surface area contributed by atoms with Gasteiger partial charge in [-0.2, -0.15) is 0 Å². The Kier molecular flexibility index (Phi) is 3.63. The molecule has 1 unspecified atom stereocenters. The standard InChI is InChI=1S/C11H13FN4S/c1-3-9(10-5-4-8(12)6-13-10)14-11-16-15-7(2)17-11/h4-6,9H,3H2,1-2H3,(H,14,16). The third kappa shape index (κ3) is 2.97. The number of halogens is 1. The van der Waals surface area contributed by atoms with Crippen LogP contribution < -0.4 is 5.32 Å². The van der Waals surface area contributed by atoms with Gasteiger partial charge in [-0.1, -0.05) is 18.3 Å². The van der Waals surface area contributed by atoms with Crippen LogP contribution in [0.4, 0.5) is 9.52 Å². The zero-order chi connectivity index (χ0) is 12.3. The van der Waals surface area contributed by atoms with Gasteiger partial charge in [0.1, 0.15) is 10.8 Å². The topological polar surface area (TPSA) is 50.7 Å². The molecule has 0 amide bonds. The predicted octanol–water partition coefficient (Wildman–Crippen LogP) is 2.94. The minimum absolute atomic E-state index is 0.0305. The highest BCUT2D eigenvalue weighted by atomic mass is 32.1. The van der Waals surface area contributed by atoms with Gasteiger partial charge in [0.05, 0.1) is 17.9 Å². The van der Waals surface area contributed by atoms with Crippen LogP contribution in [-0.2, 0) is 0 Å². The molecule has 2 aromatic heterocycles. The van der Waals surface area contributed by atoms with Crippen LogP contribution in [0.5, 0.6) is 0 Å². The molecule has 0 aliphatic rings. The van der Waals surface area contributed by atoms with Crippen LogP contribution in [0.2, 0.25) is 0 Å². The van der Waals surface area contributed by atoms with Gasteiger partial charge in [-0.25, -0.2) is 4.39 Å². The van der Waals surface area contributed by atoms with Crippen LogP contribution in [-0.4, -0.2) is 15.2 Å². The number of nitrogens with one attached hydrogen (secondary N) is 1. The lowest BCUT2D eigenvalue weighted by Crippen LogP contribution is -2.11. The SMILES string of the molecule is CCC(Nc1nnc(C)s1)c1ccc(F)cn1. The molecule has 0 radical (unpaired) electrons. The Balaban J connectivity index is 2.13. The van der Waals surface area contributed by atoms with E-state index < -0.39 is 0 Å². The summed E-state index contributed by atoms with van der Waals surface area (Å²) in [5.74, 6) is -0.324. The lowest BCUT2D eigenvalue weighted by atomic mass is 10.1. The quantitative estimate of drug-likeness (QED) is 0.909. The number of hydrogen-bond acceptors (Lipinski definition) is 5. The first-order chi connectivity index (χ1) is 8.19. The number of aromatic nitrogens is 3. The molecule has 90 valence electrons. The van der Waals surface area contributed by atoms with Crippen LogP contribution in [0.25, 0.3) is 0 Å². The Bertz CT molecular complexity index is 482. The maximum absolute atomic E-state index is 12.8. The summed E-state index contributed by atoms with van der Waals surface area (Å²) >= 11 is 1.49. The molecule has 4 nitrogen and oxygen atoms in total. The van der Waals surface area contributed by atoms with Crippen molar-refractivity contribution >= 4 is 16.5 Å². The summed E-state index contributed by atoms with van der Waals surface area (Å²) in [6.07, 6.45) is 2.07. The molecule has 0 aliphatic heterocycles. The van der Waals surface area contributed by atoms with Crippen molar-refractivity contribution in [3.8, 4) is 0 Å². The second-order valence-electron chi connectivity index (χ2n) is 3.63. The molecule has 0 fully saturated rings. The third-order valence-electron chi connectivity index (χ3n) is 2.34. The number of nitrogens with zero attached hydrogens (tertiary/aromatic N) is 3. The van der Waals surface area contributed by atoms with Crippen LogP contribution in [0.15, 0.2) is 18.3 Å². The fraction of sp³-hybridized carbons (Fsp3) is 0.364. The zero-order valence-electron chi connectivity index (χ0n) is 9.64. The Morgan fingerprint density at radius 3 is 2.76 bits per heavy atom. The van der Waals surface area contributed by atoms with E-state index in [9.17, 15) is 4.39 Å². The summed E-state index contributed by atoms with van der Waals surface area (Å²) < 4.78 is 12.8. The Morgan fingerprint density at radius 2 is 2.24 bits per heavy atom. The van der Waals surface area contributed by atoms with E-state index in [1.54, 1.807) is 6.07 Å². The van der Waals surface area contributed by atoms with Gasteiger partial charge < -0.3 is 5.32 Å². The van der Waals surface area contributed by atoms with Gasteiger partial charge in [0.15, 0.2) is 0 Å². The van der Waals surface area contributed by atoms with E-state index in [1.165, 1.54) is 23.6 Å². The smallest absolute Gasteiger partial charge is 0.206 e. The van der Waals surface area contributed by atoms with Gasteiger partial charge in [0.25, 0.3) is 0 Å². The fourth-order valence-electron chi connectivity index (χ4n) is 1.48. The lowest BCUT2D eigenvalue weighted by Gasteiger charge is -2.14. The average molecular weight is 252 g/mol. The first-order valence-electron chi connectivity index (χ1n) is 5.37. The van der Waals surface area contributed by atoms with E-state index in [-0.39, 0.29) is 11.9 Å². The molecule has 0 bridgehead atoms. The molecule has 0 saturated heterocycles. The van der Waals surface area contributed by atoms with E-state index >= 15 is 0 Å². The van der Waals surface area contributed by atoms with Crippen molar-refractivity contribution in [1.82, 2.24) is 15.2 Å². The predicted molar refractivity (Wildman–Crippen MR) is 65.5 cm³/mol. The van der Waals surface area contributed by atoms with Gasteiger partial charge in [-0.15, -0.1) is 10.2 Å². The van der Waals surface area contributed by atoms with E-state index in [0.717, 1.165) is 22.3 Å². The normalized spacial score (nSPS) is 12.4. The molecular formula is C11H13FN4S. The van der Waals surface area contributed by atoms with E-state index in [1.807, 2.05) is 13.8 Å². The van der Waals surface area contributed by atoms with Gasteiger partial charge >= 0.3 is 0 Å². The molecule has 2 heterocycles. The highest BCUT2D eigenvalue weighted by molar-refractivity contribution is 7.15. The summed E-state index contributed by atoms with van der Waals surface area (Å²) in [5, 5.41) is 12.9. The molecule has 0 aromatic carbocycles. The second-order valence-corrected chi connectivity index (χ2v) is 4.81. The summed E-state index contributed by atoms with van der Waals surface area (Å²) in [6, 6.07) is 3.13. The van der Waals surface area contributed by atoms with Crippen LogP contribution in [0.3, 0.4) is 0 Å². The van der Waals surface area contributed by atoms with Crippen molar-refractivity contribution in [2.45, 2.75) is 26.3 Å². The molecule has 1 atom stereocenters. The fourth-order valence-corrected chi connectivity index (χ4v) is 2.13. The number of rotatable bonds is 4. The van der Waals surface area contributed by atoms with Crippen LogP contribution >= 0.6 is 11.3 Å². The van der Waals surface area contributed by atoms with Crippen molar-refractivity contribution in [2.75, 3.05) is 5.32 Å². The minimum Gasteiger partial charge on any atom is -0.352 e. The van der Waals surface area contributed by atoms with E-state index in [0.29, 0.717) is 0 Å². The minimum atomic E-state index is -0.324. The van der Waals surface area contributed by atoms with Crippen molar-refractivity contribution in [2.24, 2.45) is 0 Å². The van der Waals surface area contributed by atoms with Crippen molar-refractivity contribution in [3.63, 3.8) is 0 Å². The third-order valence-corrected chi connectivity index (χ3v) is 3.11. The van der Waals surface area contributed by atoms with E-state index in [2.05, 4.69) is 20.5 Å². The van der Waals surface area contributed by atoms with Gasteiger partial charge in [0.2, 0.25) is 5.13 Å². The Morgan fingerprint density at radius 1 is 1.41 bits per heavy atom. The molecular weight excluding hydrogens is 239 g/mol. The van der Waals surface area contributed by atoms with Gasteiger partial charge in [0, 0.05) is 0 Å². The van der Waals surface area contributed by atoms with Crippen molar-refractivity contribution < 1.29 is 4.39 Å². The first-order valence-corrected chi connectivity index (χ1v) is 6.18. The maximum atomic E-state index is 12.8. The molecule has 6 heteroatoms. The van der Waals surface area contributed by atoms with Gasteiger partial charge in [-0.3, -0.25) is 4.98 Å². The molecule has 17 heavy (non-hydrogen) atoms. The van der Waals surface area contributed by atoms with Crippen LogP contribution in [0, 0.1) is 12.7 Å². The van der Waals surface area contributed by atoms with Crippen molar-refractivity contribution in [1.29, 1.82) is 0 Å². The highest BCUT2D eigenvalue weighted by Gasteiger charge is 2.12. The highest BCUT2D eigenvalue weighted by Crippen LogP contribution is 2.23. The Labute approximate surface area is 103 Å². The number of aryl methyl sites for hydroxylation is 1. The monoisotopic (exact) mass is 252 g/mol. The maximum Gasteiger partial charge on any atom is 0.206 e. The molecule has 0 aliphatic carbocycles. The zero-order valence-corrected chi connectivity index (χ0v) is 10.5. The molecule has 2 aromatic rings. The molecule has 0 saturated carbocycles. The lowest BCUT2D eigenvalue weighted by molar-refractivity contribution is 0.614. The molecule has 1 N–H and O–H groups in total. The summed E-state index contributed by atoms with van der Waals surface area (Å²) in [4.78, 5) is 4.07. The second kappa shape index (κ2) is 5.18. The summed E-state index contributed by atoms with van der Waals surface area (Å²) in [7, 11) is 0. The average Bonchev–Trinajstić information content (AvgIpc) is 2.73. The summed E-state index contributed by atoms with van der Waals surface area (Å²) in [5.41, 5.74) is 0.807. The number of hydrogen-bond donors (Lipinski definition) is 1. The molecule has 2 rings (SSSR count). The number of pyridine rings is 1. The number of anilines is 1. The first kappa shape index (κ1) is 11.9.